The van der Waals surface area contributed by atoms with Crippen LogP contribution in [-0.4, -0.2) is 164 Å². The minimum atomic E-state index is -1.57. The van der Waals surface area contributed by atoms with Crippen LogP contribution in [0.1, 0.15) is 33.6 Å². The first-order valence-electron chi connectivity index (χ1n) is 26.9. The van der Waals surface area contributed by atoms with E-state index in [4.69, 9.17) is 92.9 Å². The second kappa shape index (κ2) is 29.9. The molecule has 6 heterocycles. The summed E-state index contributed by atoms with van der Waals surface area (Å²) in [5.74, 6) is 1.05. The molecule has 0 saturated heterocycles. The van der Waals surface area contributed by atoms with Crippen molar-refractivity contribution in [1.82, 2.24) is 30.6 Å². The van der Waals surface area contributed by atoms with E-state index in [2.05, 4.69) is 57.2 Å². The van der Waals surface area contributed by atoms with Gasteiger partial charge in [-0.15, -0.1) is 0 Å². The molecule has 1 aliphatic carbocycles. The number of nitrogens with one attached hydrogen (secondary N) is 5. The SMILES string of the molecule is CC(=O)Nc1nc2cc(B(O)O)ccc2o1.CC(=O)Nc1noc2cc(B(O)O)ccc12.CC(=O)Nc1noc2ccc(B(O)O)cc12.CNc1noc2ccc(B(O)O)cc12.Nc1nc2cc(B(O)O)ccc2o1.OB(O)c1ccc2onc(NC3CC3)c2c1. The van der Waals surface area contributed by atoms with Crippen LogP contribution in [0.2, 0.25) is 0 Å². The number of oxazole rings is 2. The summed E-state index contributed by atoms with van der Waals surface area (Å²) in [5, 5.41) is 139. The van der Waals surface area contributed by atoms with Crippen molar-refractivity contribution in [3.8, 4) is 0 Å². The van der Waals surface area contributed by atoms with Gasteiger partial charge in [0.25, 0.3) is 6.01 Å². The topological polar surface area (TPSA) is 536 Å². The van der Waals surface area contributed by atoms with Crippen LogP contribution in [0.4, 0.5) is 35.3 Å². The fraction of sp³-hybridized carbons (Fsp3) is 0.135. The van der Waals surface area contributed by atoms with Crippen LogP contribution in [0.5, 0.6) is 0 Å². The predicted octanol–water partition coefficient (Wildman–Crippen LogP) is -2.88. The summed E-state index contributed by atoms with van der Waals surface area (Å²) >= 11 is 0. The Kier molecular flexibility index (Phi) is 22.0. The van der Waals surface area contributed by atoms with Gasteiger partial charge in [-0.1, -0.05) is 57.0 Å². The Balaban J connectivity index is 0.000000141. The smallest absolute Gasteiger partial charge is 0.424 e. The monoisotopic (exact) mass is 1250 g/mol. The largest absolute Gasteiger partial charge is 0.488 e. The molecule has 12 aromatic rings. The lowest BCUT2D eigenvalue weighted by molar-refractivity contribution is -0.115. The van der Waals surface area contributed by atoms with Gasteiger partial charge < -0.3 is 114 Å². The molecular weight excluding hydrogens is 1190 g/mol. The van der Waals surface area contributed by atoms with Gasteiger partial charge in [-0.25, -0.2) is 0 Å². The third-order valence-corrected chi connectivity index (χ3v) is 12.6. The molecule has 0 aliphatic heterocycles. The van der Waals surface area contributed by atoms with Crippen molar-refractivity contribution in [1.29, 1.82) is 0 Å². The molecule has 91 heavy (non-hydrogen) atoms. The lowest BCUT2D eigenvalue weighted by Gasteiger charge is -2.00. The second-order valence-electron chi connectivity index (χ2n) is 19.6. The Morgan fingerprint density at radius 3 is 1.21 bits per heavy atom. The lowest BCUT2D eigenvalue weighted by Crippen LogP contribution is -2.29. The molecule has 0 radical (unpaired) electrons. The number of hydrogen-bond donors (Lipinski definition) is 18. The Hall–Kier alpha value is -10.1. The number of carbonyl (C=O) groups is 3. The Morgan fingerprint density at radius 2 is 0.769 bits per heavy atom. The summed E-state index contributed by atoms with van der Waals surface area (Å²) in [6.45, 7) is 4.06. The Bertz CT molecular complexity index is 4450. The van der Waals surface area contributed by atoms with Gasteiger partial charge in [0.05, 0.1) is 21.5 Å². The van der Waals surface area contributed by atoms with Crippen molar-refractivity contribution in [2.45, 2.75) is 39.7 Å². The summed E-state index contributed by atoms with van der Waals surface area (Å²) < 4.78 is 30.3. The van der Waals surface area contributed by atoms with E-state index < -0.39 is 42.7 Å². The van der Waals surface area contributed by atoms with E-state index in [1.54, 1.807) is 67.7 Å². The van der Waals surface area contributed by atoms with Gasteiger partial charge >= 0.3 is 48.7 Å². The van der Waals surface area contributed by atoms with E-state index in [-0.39, 0.29) is 35.6 Å². The van der Waals surface area contributed by atoms with Gasteiger partial charge in [-0.05, 0) is 118 Å². The first kappa shape index (κ1) is 66.8. The molecule has 19 N–H and O–H groups in total. The summed E-state index contributed by atoms with van der Waals surface area (Å²) in [6.07, 6.45) is 2.30. The van der Waals surface area contributed by atoms with Gasteiger partial charge in [0.15, 0.2) is 56.8 Å². The van der Waals surface area contributed by atoms with Gasteiger partial charge in [0, 0.05) is 33.9 Å². The van der Waals surface area contributed by atoms with E-state index in [1.165, 1.54) is 69.3 Å². The highest BCUT2D eigenvalue weighted by Gasteiger charge is 2.25. The molecule has 33 nitrogen and oxygen atoms in total. The van der Waals surface area contributed by atoms with Crippen molar-refractivity contribution >= 4 is 195 Å². The number of rotatable bonds is 12. The molecule has 13 rings (SSSR count). The molecule has 0 unspecified atom stereocenters. The first-order chi connectivity index (χ1) is 43.3. The average molecular weight is 1250 g/mol. The standard InChI is InChI=1S/C10H11BN2O3.3C9H9BN2O4.C8H9BN2O3.C7H7BN2O3/c14-11(15)6-1-4-9-8(5-6)10(13-16-9)12-7-2-3-7;1-5(13)11-9-12-7-4-6(10(14)15)2-3-8(7)16-9;1-5(13)11-9-7-4-6(10(14)15)2-3-8(7)16-12-9;1-5(13)11-9-7-3-2-6(10(14)15)4-8(7)16-12-9;1-10-8-6-4-5(9(12)13)2-3-7(6)14-11-8;9-7-10-5-3-4(8(11)12)1-2-6(5)13-7/h1,4-5,7,14-15H,2-3H2,(H,12,13);3*2-4,14-15H,1H3,(H,11,12,13);2-4,12-13H,1H3,(H,10,11);1-3,11-12H,(H2,9,10). The summed E-state index contributed by atoms with van der Waals surface area (Å²) in [5.41, 5.74) is 11.5. The first-order valence-corrected chi connectivity index (χ1v) is 26.9. The number of nitrogens with zero attached hydrogens (tertiary/aromatic N) is 6. The fourth-order valence-electron chi connectivity index (χ4n) is 8.12. The van der Waals surface area contributed by atoms with E-state index in [0.29, 0.717) is 112 Å². The zero-order valence-corrected chi connectivity index (χ0v) is 48.1. The zero-order chi connectivity index (χ0) is 65.8. The number of nitrogens with two attached hydrogens (primary N) is 1. The van der Waals surface area contributed by atoms with Gasteiger partial charge in [-0.3, -0.25) is 19.7 Å². The van der Waals surface area contributed by atoms with Crippen LogP contribution in [-0.2, 0) is 14.4 Å². The minimum Gasteiger partial charge on any atom is -0.424 e. The van der Waals surface area contributed by atoms with E-state index in [9.17, 15) is 14.4 Å². The molecule has 0 spiro atoms. The molecule has 0 bridgehead atoms. The number of carbonyl (C=O) groups excluding carboxylic acids is 3. The summed E-state index contributed by atoms with van der Waals surface area (Å²) in [4.78, 5) is 40.3. The number of benzene rings is 6. The van der Waals surface area contributed by atoms with Crippen molar-refractivity contribution in [2.75, 3.05) is 39.4 Å². The minimum absolute atomic E-state index is 0.0691. The van der Waals surface area contributed by atoms with Crippen molar-refractivity contribution < 1.29 is 102 Å². The normalized spacial score (nSPS) is 11.3. The van der Waals surface area contributed by atoms with Crippen LogP contribution < -0.4 is 65.1 Å². The highest BCUT2D eigenvalue weighted by Crippen LogP contribution is 2.29. The zero-order valence-electron chi connectivity index (χ0n) is 48.1. The van der Waals surface area contributed by atoms with E-state index in [1.807, 2.05) is 0 Å². The molecular formula is C52H54B6N12O21. The molecule has 0 atom stereocenters. The maximum absolute atomic E-state index is 10.9. The molecule has 6 aromatic heterocycles. The van der Waals surface area contributed by atoms with Crippen LogP contribution in [0.3, 0.4) is 0 Å². The molecule has 39 heteroatoms. The third-order valence-electron chi connectivity index (χ3n) is 12.6. The van der Waals surface area contributed by atoms with Gasteiger partial charge in [0.2, 0.25) is 17.7 Å². The van der Waals surface area contributed by atoms with Crippen molar-refractivity contribution in [2.24, 2.45) is 0 Å². The van der Waals surface area contributed by atoms with Crippen molar-refractivity contribution in [3.05, 3.63) is 109 Å². The molecule has 1 aliphatic rings. The molecule has 6 aromatic carbocycles. The maximum Gasteiger partial charge on any atom is 0.488 e. The van der Waals surface area contributed by atoms with Gasteiger partial charge in [-0.2, -0.15) is 9.97 Å². The Morgan fingerprint density at radius 1 is 0.418 bits per heavy atom. The molecule has 1 fully saturated rings. The lowest BCUT2D eigenvalue weighted by atomic mass is 9.80. The molecule has 3 amide bonds. The number of hydrogen-bond acceptors (Lipinski definition) is 30. The van der Waals surface area contributed by atoms with Crippen LogP contribution in [0.25, 0.3) is 66.1 Å². The van der Waals surface area contributed by atoms with Crippen LogP contribution >= 0.6 is 0 Å². The van der Waals surface area contributed by atoms with E-state index >= 15 is 0 Å². The number of anilines is 6. The van der Waals surface area contributed by atoms with Crippen LogP contribution in [0.15, 0.2) is 136 Å². The van der Waals surface area contributed by atoms with Crippen LogP contribution in [0, 0.1) is 0 Å². The van der Waals surface area contributed by atoms with Crippen molar-refractivity contribution in [3.63, 3.8) is 0 Å². The number of fused-ring (bicyclic) bond motifs is 6. The number of aromatic nitrogens is 6. The highest BCUT2D eigenvalue weighted by atomic mass is 16.5. The summed E-state index contributed by atoms with van der Waals surface area (Å²) in [6, 6.07) is 28.8. The number of nitrogen functional groups attached to an aromatic ring is 1. The molecule has 466 valence electrons. The third kappa shape index (κ3) is 17.8. The van der Waals surface area contributed by atoms with Gasteiger partial charge in [0.1, 0.15) is 11.0 Å². The quantitative estimate of drug-likeness (QED) is 0.0546. The molecule has 1 saturated carbocycles. The predicted molar refractivity (Wildman–Crippen MR) is 337 cm³/mol. The highest BCUT2D eigenvalue weighted by molar-refractivity contribution is 6.61. The maximum atomic E-state index is 10.9. The summed E-state index contributed by atoms with van der Waals surface area (Å²) in [7, 11) is -7.39. The average Bonchev–Trinajstić information content (AvgIpc) is 1.90. The Labute approximate surface area is 513 Å². The fourth-order valence-corrected chi connectivity index (χ4v) is 8.12. The van der Waals surface area contributed by atoms with E-state index in [0.717, 1.165) is 23.6 Å². The number of amides is 3. The second-order valence-corrected chi connectivity index (χ2v) is 19.6.